The number of hydrogen-bond acceptors (Lipinski definition) is 5. The summed E-state index contributed by atoms with van der Waals surface area (Å²) >= 11 is 0. The summed E-state index contributed by atoms with van der Waals surface area (Å²) in [6.07, 6.45) is -0.168. The van der Waals surface area contributed by atoms with Gasteiger partial charge < -0.3 is 19.2 Å². The molecule has 1 aromatic carbocycles. The first kappa shape index (κ1) is 18.3. The molecular formula is C17H22BNO5. The maximum atomic E-state index is 11.4. The third-order valence-electron chi connectivity index (χ3n) is 4.76. The molecule has 2 rings (SSSR count). The number of carbonyl (C=O) groups is 1. The quantitative estimate of drug-likeness (QED) is 0.835. The Morgan fingerprint density at radius 2 is 1.92 bits per heavy atom. The van der Waals surface area contributed by atoms with Crippen molar-refractivity contribution in [2.75, 3.05) is 7.11 Å². The molecule has 0 spiro atoms. The summed E-state index contributed by atoms with van der Waals surface area (Å²) in [7, 11) is 0.773. The van der Waals surface area contributed by atoms with Crippen LogP contribution < -0.4 is 4.74 Å². The first-order chi connectivity index (χ1) is 11.1. The van der Waals surface area contributed by atoms with Crippen molar-refractivity contribution in [3.63, 3.8) is 0 Å². The monoisotopic (exact) mass is 331 g/mol. The maximum Gasteiger partial charge on any atom is 0.466 e. The Balaban J connectivity index is 2.44. The molecule has 1 N–H and O–H groups in total. The summed E-state index contributed by atoms with van der Waals surface area (Å²) < 4.78 is 17.4. The Morgan fingerprint density at radius 1 is 1.33 bits per heavy atom. The lowest BCUT2D eigenvalue weighted by Crippen LogP contribution is -2.41. The standard InChI is InChI=1S/C17H22BNO5/c1-16(2)17(3,4)24-18(23-16)13(9-15(20)21)12-7-6-11(10-19)8-14(12)22-5/h6-8,13H,9H2,1-5H3,(H,20,21). The van der Waals surface area contributed by atoms with E-state index in [0.29, 0.717) is 16.9 Å². The number of aliphatic carboxylic acids is 1. The fourth-order valence-electron chi connectivity index (χ4n) is 2.68. The van der Waals surface area contributed by atoms with Gasteiger partial charge in [0.2, 0.25) is 0 Å². The molecule has 0 saturated carbocycles. The maximum absolute atomic E-state index is 11.4. The van der Waals surface area contributed by atoms with Gasteiger partial charge in [0, 0.05) is 5.82 Å². The minimum absolute atomic E-state index is 0.168. The van der Waals surface area contributed by atoms with Crippen molar-refractivity contribution >= 4 is 13.1 Å². The summed E-state index contributed by atoms with van der Waals surface area (Å²) in [5, 5.41) is 18.4. The summed E-state index contributed by atoms with van der Waals surface area (Å²) in [6.45, 7) is 7.67. The Bertz CT molecular complexity index is 664. The van der Waals surface area contributed by atoms with Crippen molar-refractivity contribution in [2.45, 2.75) is 51.1 Å². The fourth-order valence-corrected chi connectivity index (χ4v) is 2.68. The van der Waals surface area contributed by atoms with Gasteiger partial charge in [0.25, 0.3) is 0 Å². The van der Waals surface area contributed by atoms with Gasteiger partial charge in [-0.3, -0.25) is 4.79 Å². The third-order valence-corrected chi connectivity index (χ3v) is 4.76. The predicted octanol–water partition coefficient (Wildman–Crippen LogP) is 2.76. The van der Waals surface area contributed by atoms with Gasteiger partial charge in [-0.1, -0.05) is 6.07 Å². The zero-order chi connectivity index (χ0) is 18.1. The number of ether oxygens (including phenoxy) is 1. The van der Waals surface area contributed by atoms with E-state index in [0.717, 1.165) is 0 Å². The Morgan fingerprint density at radius 3 is 2.38 bits per heavy atom. The van der Waals surface area contributed by atoms with Crippen molar-refractivity contribution in [3.05, 3.63) is 29.3 Å². The van der Waals surface area contributed by atoms with Crippen molar-refractivity contribution in [1.82, 2.24) is 0 Å². The van der Waals surface area contributed by atoms with Crippen LogP contribution in [0.1, 0.15) is 51.1 Å². The molecule has 0 aromatic heterocycles. The minimum atomic E-state index is -0.957. The van der Waals surface area contributed by atoms with Crippen LogP contribution in [0.4, 0.5) is 0 Å². The molecule has 1 aliphatic heterocycles. The molecule has 1 unspecified atom stereocenters. The number of benzene rings is 1. The molecule has 128 valence electrons. The van der Waals surface area contributed by atoms with E-state index in [1.54, 1.807) is 18.2 Å². The molecule has 6 nitrogen and oxygen atoms in total. The Hall–Kier alpha value is -2.04. The SMILES string of the molecule is COc1cc(C#N)ccc1C(CC(=O)O)B1OC(C)(C)C(C)(C)O1. The molecule has 1 fully saturated rings. The number of carboxylic acid groups (broad SMARTS) is 1. The zero-order valence-electron chi connectivity index (χ0n) is 14.6. The van der Waals surface area contributed by atoms with Crippen LogP contribution in [0.25, 0.3) is 0 Å². The molecule has 0 aliphatic carbocycles. The van der Waals surface area contributed by atoms with Crippen LogP contribution in [-0.4, -0.2) is 36.5 Å². The highest BCUT2D eigenvalue weighted by Gasteiger charge is 2.54. The molecule has 1 atom stereocenters. The number of nitrogens with zero attached hydrogens (tertiary/aromatic N) is 1. The van der Waals surface area contributed by atoms with Crippen LogP contribution in [0, 0.1) is 11.3 Å². The molecule has 0 radical (unpaired) electrons. The fraction of sp³-hybridized carbons (Fsp3) is 0.529. The zero-order valence-corrected chi connectivity index (χ0v) is 14.6. The molecule has 24 heavy (non-hydrogen) atoms. The van der Waals surface area contributed by atoms with E-state index in [1.807, 2.05) is 33.8 Å². The van der Waals surface area contributed by atoms with E-state index in [1.165, 1.54) is 7.11 Å². The van der Waals surface area contributed by atoms with Crippen molar-refractivity contribution in [3.8, 4) is 11.8 Å². The molecule has 0 amide bonds. The highest BCUT2D eigenvalue weighted by Crippen LogP contribution is 2.43. The van der Waals surface area contributed by atoms with Gasteiger partial charge >= 0.3 is 13.1 Å². The predicted molar refractivity (Wildman–Crippen MR) is 88.8 cm³/mol. The first-order valence-electron chi connectivity index (χ1n) is 7.77. The highest BCUT2D eigenvalue weighted by atomic mass is 16.7. The van der Waals surface area contributed by atoms with Gasteiger partial charge in [-0.05, 0) is 45.4 Å². The summed E-state index contributed by atoms with van der Waals surface area (Å²) in [5.74, 6) is -1.05. The second-order valence-electron chi connectivity index (χ2n) is 6.90. The van der Waals surface area contributed by atoms with E-state index in [4.69, 9.17) is 19.3 Å². The second kappa shape index (κ2) is 6.46. The van der Waals surface area contributed by atoms with Crippen LogP contribution in [0.5, 0.6) is 5.75 Å². The smallest absolute Gasteiger partial charge is 0.466 e. The van der Waals surface area contributed by atoms with Gasteiger partial charge in [-0.2, -0.15) is 5.26 Å². The van der Waals surface area contributed by atoms with Crippen LogP contribution in [0.2, 0.25) is 0 Å². The summed E-state index contributed by atoms with van der Waals surface area (Å²) in [4.78, 5) is 11.4. The Kier molecular flexibility index (Phi) is 4.93. The van der Waals surface area contributed by atoms with Crippen LogP contribution in [-0.2, 0) is 14.1 Å². The number of hydrogen-bond donors (Lipinski definition) is 1. The van der Waals surface area contributed by atoms with Gasteiger partial charge in [0.1, 0.15) is 5.75 Å². The normalized spacial score (nSPS) is 19.6. The second-order valence-corrected chi connectivity index (χ2v) is 6.90. The van der Waals surface area contributed by atoms with E-state index >= 15 is 0 Å². The van der Waals surface area contributed by atoms with E-state index in [-0.39, 0.29) is 6.42 Å². The van der Waals surface area contributed by atoms with Gasteiger partial charge in [-0.15, -0.1) is 0 Å². The molecule has 1 aromatic rings. The third kappa shape index (κ3) is 3.40. The van der Waals surface area contributed by atoms with Crippen LogP contribution in [0.3, 0.4) is 0 Å². The lowest BCUT2D eigenvalue weighted by atomic mass is 9.66. The largest absolute Gasteiger partial charge is 0.496 e. The lowest BCUT2D eigenvalue weighted by Gasteiger charge is -2.32. The molecule has 1 heterocycles. The number of methoxy groups -OCH3 is 1. The number of carboxylic acids is 1. The van der Waals surface area contributed by atoms with Gasteiger partial charge in [0.05, 0.1) is 36.4 Å². The average Bonchev–Trinajstić information content (AvgIpc) is 2.72. The summed E-state index contributed by atoms with van der Waals surface area (Å²) in [6, 6.07) is 6.98. The van der Waals surface area contributed by atoms with Gasteiger partial charge in [0.15, 0.2) is 0 Å². The lowest BCUT2D eigenvalue weighted by molar-refractivity contribution is -0.137. The van der Waals surface area contributed by atoms with Crippen molar-refractivity contribution < 1.29 is 23.9 Å². The van der Waals surface area contributed by atoms with E-state index in [9.17, 15) is 9.90 Å². The Labute approximate surface area is 142 Å². The molecule has 0 bridgehead atoms. The molecule has 1 saturated heterocycles. The number of rotatable bonds is 5. The van der Waals surface area contributed by atoms with Crippen molar-refractivity contribution in [1.29, 1.82) is 5.26 Å². The molecular weight excluding hydrogens is 309 g/mol. The van der Waals surface area contributed by atoms with Gasteiger partial charge in [-0.25, -0.2) is 0 Å². The topological polar surface area (TPSA) is 88.8 Å². The number of nitriles is 1. The summed E-state index contributed by atoms with van der Waals surface area (Å²) in [5.41, 5.74) is -0.0290. The highest BCUT2D eigenvalue weighted by molar-refractivity contribution is 6.48. The van der Waals surface area contributed by atoms with E-state index < -0.39 is 30.1 Å². The minimum Gasteiger partial charge on any atom is -0.496 e. The first-order valence-corrected chi connectivity index (χ1v) is 7.77. The van der Waals surface area contributed by atoms with Crippen molar-refractivity contribution in [2.24, 2.45) is 0 Å². The average molecular weight is 331 g/mol. The van der Waals surface area contributed by atoms with Crippen LogP contribution >= 0.6 is 0 Å². The molecule has 7 heteroatoms. The van der Waals surface area contributed by atoms with Crippen LogP contribution in [0.15, 0.2) is 18.2 Å². The molecule has 1 aliphatic rings. The van der Waals surface area contributed by atoms with E-state index in [2.05, 4.69) is 0 Å².